The summed E-state index contributed by atoms with van der Waals surface area (Å²) in [5, 5.41) is 3.88. The van der Waals surface area contributed by atoms with Crippen LogP contribution in [0.2, 0.25) is 0 Å². The average molecular weight is 563 g/mol. The maximum atomic E-state index is 11.5. The molecule has 1 aromatic heterocycles. The van der Waals surface area contributed by atoms with Crippen molar-refractivity contribution >= 4 is 43.4 Å². The Hall–Kier alpha value is -3.13. The van der Waals surface area contributed by atoms with E-state index in [2.05, 4.69) is 71.5 Å². The van der Waals surface area contributed by atoms with Crippen molar-refractivity contribution in [3.8, 4) is 28.3 Å². The Morgan fingerprint density at radius 1 is 0.975 bits per heavy atom. The van der Waals surface area contributed by atoms with Gasteiger partial charge in [0.05, 0.1) is 7.11 Å². The minimum absolute atomic E-state index is 0. The number of aromatic amines is 1. The zero-order valence-corrected chi connectivity index (χ0v) is 25.6. The van der Waals surface area contributed by atoms with Gasteiger partial charge in [-0.05, 0) is 59.7 Å². The zero-order chi connectivity index (χ0) is 27.2. The van der Waals surface area contributed by atoms with Gasteiger partial charge in [0.25, 0.3) is 0 Å². The average Bonchev–Trinajstić information content (AvgIpc) is 3.40. The molecule has 0 fully saturated rings. The van der Waals surface area contributed by atoms with Crippen LogP contribution in [0.15, 0.2) is 98.9 Å². The number of benzene rings is 3. The van der Waals surface area contributed by atoms with Crippen LogP contribution in [0, 0.1) is 0 Å². The topological polar surface area (TPSA) is 83.7 Å². The van der Waals surface area contributed by atoms with Crippen LogP contribution in [-0.4, -0.2) is 71.8 Å². The molecule has 1 atom stereocenters. The number of methoxy groups -OCH3 is 1. The molecule has 0 spiro atoms. The molecule has 1 aliphatic rings. The fraction of sp³-hybridized carbons (Fsp3) is 0.281. The van der Waals surface area contributed by atoms with Crippen LogP contribution in [0.1, 0.15) is 44.2 Å². The quantitative estimate of drug-likeness (QED) is 0.231. The van der Waals surface area contributed by atoms with Crippen LogP contribution in [-0.2, 0) is 13.0 Å². The monoisotopic (exact) mass is 562 g/mol. The number of ether oxygens (including phenoxy) is 1. The third kappa shape index (κ3) is 7.14. The SMILES string of the molecule is CCCCC1=NC(C)N(Cc2ccc(OC)cc2)C=C1Cc1ccc(-c2ccccc2-c2noc(=O)[nH]2)cc1.[Ca]. The van der Waals surface area contributed by atoms with Crippen molar-refractivity contribution in [2.24, 2.45) is 4.99 Å². The summed E-state index contributed by atoms with van der Waals surface area (Å²) in [7, 11) is 1.69. The van der Waals surface area contributed by atoms with Crippen molar-refractivity contribution in [3.05, 3.63) is 106 Å². The van der Waals surface area contributed by atoms with E-state index in [0.29, 0.717) is 5.82 Å². The Kier molecular flexibility index (Phi) is 10.4. The molecular weight excluding hydrogens is 528 g/mol. The molecule has 7 nitrogen and oxygen atoms in total. The fourth-order valence-corrected chi connectivity index (χ4v) is 4.91. The van der Waals surface area contributed by atoms with Gasteiger partial charge in [-0.15, -0.1) is 0 Å². The van der Waals surface area contributed by atoms with Crippen molar-refractivity contribution < 1.29 is 9.26 Å². The molecule has 1 N–H and O–H groups in total. The summed E-state index contributed by atoms with van der Waals surface area (Å²) >= 11 is 0. The molecule has 40 heavy (non-hydrogen) atoms. The maximum absolute atomic E-state index is 11.5. The third-order valence-corrected chi connectivity index (χ3v) is 7.09. The van der Waals surface area contributed by atoms with Gasteiger partial charge >= 0.3 is 5.76 Å². The molecule has 0 saturated heterocycles. The smallest absolute Gasteiger partial charge is 0.439 e. The Labute approximate surface area is 265 Å². The maximum Gasteiger partial charge on any atom is 0.439 e. The van der Waals surface area contributed by atoms with E-state index in [1.807, 2.05) is 36.4 Å². The van der Waals surface area contributed by atoms with Gasteiger partial charge < -0.3 is 9.64 Å². The van der Waals surface area contributed by atoms with Gasteiger partial charge in [-0.1, -0.05) is 79.2 Å². The molecule has 4 aromatic rings. The van der Waals surface area contributed by atoms with Crippen molar-refractivity contribution in [1.29, 1.82) is 0 Å². The van der Waals surface area contributed by atoms with Gasteiger partial charge in [-0.2, -0.15) is 0 Å². The summed E-state index contributed by atoms with van der Waals surface area (Å²) in [6.45, 7) is 5.17. The molecule has 1 unspecified atom stereocenters. The first-order valence-corrected chi connectivity index (χ1v) is 13.4. The number of aliphatic imine (C=N–C) groups is 1. The largest absolute Gasteiger partial charge is 0.497 e. The van der Waals surface area contributed by atoms with E-state index in [4.69, 9.17) is 14.3 Å². The van der Waals surface area contributed by atoms with E-state index in [-0.39, 0.29) is 43.9 Å². The second-order valence-corrected chi connectivity index (χ2v) is 9.85. The first-order valence-electron chi connectivity index (χ1n) is 13.4. The number of H-pyrrole nitrogens is 1. The van der Waals surface area contributed by atoms with Crippen LogP contribution >= 0.6 is 0 Å². The Morgan fingerprint density at radius 3 is 2.33 bits per heavy atom. The number of hydrogen-bond donors (Lipinski definition) is 1. The summed E-state index contributed by atoms with van der Waals surface area (Å²) < 4.78 is 10.0. The molecule has 2 heterocycles. The molecule has 202 valence electrons. The fourth-order valence-electron chi connectivity index (χ4n) is 4.91. The van der Waals surface area contributed by atoms with Crippen LogP contribution in [0.5, 0.6) is 5.75 Å². The molecule has 1 aliphatic heterocycles. The standard InChI is InChI=1S/C32H34N4O3.Ca/c1-4-5-10-30-26(21-36(22(2)33-30)20-24-13-17-27(38-3)18-14-24)19-23-11-15-25(16-12-23)28-8-6-7-9-29(28)31-34-32(37)39-35-31;/h6-9,11-18,21-22H,4-5,10,19-20H2,1-3H3,(H,34,35,37);. The molecular formula is C32H34CaN4O3. The molecule has 0 bridgehead atoms. The van der Waals surface area contributed by atoms with Crippen LogP contribution in [0.25, 0.3) is 22.5 Å². The van der Waals surface area contributed by atoms with E-state index in [9.17, 15) is 4.79 Å². The number of hydrogen-bond acceptors (Lipinski definition) is 6. The van der Waals surface area contributed by atoms with E-state index >= 15 is 0 Å². The first kappa shape index (κ1) is 29.8. The van der Waals surface area contributed by atoms with Crippen LogP contribution < -0.4 is 10.5 Å². The van der Waals surface area contributed by atoms with E-state index in [1.54, 1.807) is 7.11 Å². The number of rotatable bonds is 10. The summed E-state index contributed by atoms with van der Waals surface area (Å²) in [4.78, 5) is 21.6. The first-order chi connectivity index (χ1) is 19.0. The van der Waals surface area contributed by atoms with E-state index < -0.39 is 5.76 Å². The van der Waals surface area contributed by atoms with E-state index in [0.717, 1.165) is 54.7 Å². The molecule has 2 radical (unpaired) electrons. The van der Waals surface area contributed by atoms with Gasteiger partial charge in [0.2, 0.25) is 0 Å². The molecule has 0 saturated carbocycles. The Balaban J connectivity index is 0.00000370. The summed E-state index contributed by atoms with van der Waals surface area (Å²) in [6, 6.07) is 24.7. The Bertz CT molecular complexity index is 1520. The molecule has 3 aromatic carbocycles. The van der Waals surface area contributed by atoms with Crippen LogP contribution in [0.4, 0.5) is 0 Å². The number of allylic oxidation sites excluding steroid dienone is 1. The van der Waals surface area contributed by atoms with E-state index in [1.165, 1.54) is 22.4 Å². The summed E-state index contributed by atoms with van der Waals surface area (Å²) in [5.41, 5.74) is 7.77. The second kappa shape index (κ2) is 14.0. The number of nitrogens with one attached hydrogen (secondary N) is 1. The number of nitrogens with zero attached hydrogens (tertiary/aromatic N) is 3. The van der Waals surface area contributed by atoms with Crippen LogP contribution in [0.3, 0.4) is 0 Å². The van der Waals surface area contributed by atoms with Crippen molar-refractivity contribution in [2.45, 2.75) is 52.2 Å². The Morgan fingerprint density at radius 2 is 1.68 bits per heavy atom. The van der Waals surface area contributed by atoms with Gasteiger partial charge in [-0.25, -0.2) is 4.79 Å². The second-order valence-electron chi connectivity index (χ2n) is 9.85. The minimum Gasteiger partial charge on any atom is -0.497 e. The normalized spacial score (nSPS) is 14.8. The molecule has 0 aliphatic carbocycles. The van der Waals surface area contributed by atoms with Crippen molar-refractivity contribution in [2.75, 3.05) is 7.11 Å². The summed E-state index contributed by atoms with van der Waals surface area (Å²) in [6.07, 6.45) is 6.46. The van der Waals surface area contributed by atoms with Gasteiger partial charge in [-0.3, -0.25) is 14.5 Å². The predicted molar refractivity (Wildman–Crippen MR) is 160 cm³/mol. The molecule has 8 heteroatoms. The number of aromatic nitrogens is 2. The molecule has 0 amide bonds. The third-order valence-electron chi connectivity index (χ3n) is 7.09. The van der Waals surface area contributed by atoms with Crippen molar-refractivity contribution in [1.82, 2.24) is 15.0 Å². The minimum atomic E-state index is -0.563. The van der Waals surface area contributed by atoms with Crippen molar-refractivity contribution in [3.63, 3.8) is 0 Å². The molecule has 5 rings (SSSR count). The van der Waals surface area contributed by atoms with Gasteiger partial charge in [0.1, 0.15) is 11.9 Å². The number of unbranched alkanes of at least 4 members (excludes halogenated alkanes) is 1. The zero-order valence-electron chi connectivity index (χ0n) is 23.4. The van der Waals surface area contributed by atoms with Gasteiger partial charge in [0.15, 0.2) is 5.82 Å². The summed E-state index contributed by atoms with van der Waals surface area (Å²) in [5.74, 6) is 0.726. The van der Waals surface area contributed by atoms with Gasteiger partial charge in [0, 0.05) is 68.2 Å². The predicted octanol–water partition coefficient (Wildman–Crippen LogP) is 6.24.